The summed E-state index contributed by atoms with van der Waals surface area (Å²) in [5, 5.41) is 3.53. The largest absolute Gasteiger partial charge is 0.466 e. The standard InChI is InChI=1S/C13H11Cl2NO2S/c1-2-18-11(17)6-8-7-19-13(16-8)9-4-3-5-10(14)12(9)15/h3-5,7H,2,6H2,1H3. The minimum absolute atomic E-state index is 0.169. The Morgan fingerprint density at radius 1 is 1.42 bits per heavy atom. The molecule has 0 amide bonds. The molecule has 2 rings (SSSR count). The zero-order valence-electron chi connectivity index (χ0n) is 10.2. The van der Waals surface area contributed by atoms with Gasteiger partial charge in [0.25, 0.3) is 0 Å². The third-order valence-corrected chi connectivity index (χ3v) is 4.11. The number of aromatic nitrogens is 1. The van der Waals surface area contributed by atoms with Crippen LogP contribution in [0.3, 0.4) is 0 Å². The summed E-state index contributed by atoms with van der Waals surface area (Å²) in [5.74, 6) is -0.281. The van der Waals surface area contributed by atoms with Crippen LogP contribution in [-0.4, -0.2) is 17.6 Å². The third kappa shape index (κ3) is 3.47. The number of rotatable bonds is 4. The highest BCUT2D eigenvalue weighted by molar-refractivity contribution is 7.13. The lowest BCUT2D eigenvalue weighted by Gasteiger charge is -2.01. The Labute approximate surface area is 125 Å². The summed E-state index contributed by atoms with van der Waals surface area (Å²) < 4.78 is 4.88. The highest BCUT2D eigenvalue weighted by Gasteiger charge is 2.13. The maximum absolute atomic E-state index is 11.4. The van der Waals surface area contributed by atoms with Gasteiger partial charge in [-0.1, -0.05) is 35.3 Å². The number of hydrogen-bond acceptors (Lipinski definition) is 4. The molecule has 0 bridgehead atoms. The number of halogens is 2. The van der Waals surface area contributed by atoms with Gasteiger partial charge >= 0.3 is 5.97 Å². The summed E-state index contributed by atoms with van der Waals surface area (Å²) in [6.45, 7) is 2.14. The molecular formula is C13H11Cl2NO2S. The van der Waals surface area contributed by atoms with Gasteiger partial charge in [0.05, 0.1) is 28.8 Å². The van der Waals surface area contributed by atoms with E-state index in [1.807, 2.05) is 17.5 Å². The van der Waals surface area contributed by atoms with E-state index in [2.05, 4.69) is 4.98 Å². The molecule has 0 saturated heterocycles. The monoisotopic (exact) mass is 315 g/mol. The van der Waals surface area contributed by atoms with Crippen LogP contribution in [0.2, 0.25) is 10.0 Å². The SMILES string of the molecule is CCOC(=O)Cc1csc(-c2cccc(Cl)c2Cl)n1. The average Bonchev–Trinajstić information content (AvgIpc) is 2.81. The molecule has 0 radical (unpaired) electrons. The predicted molar refractivity (Wildman–Crippen MR) is 77.9 cm³/mol. The molecule has 1 aromatic heterocycles. The van der Waals surface area contributed by atoms with Crippen LogP contribution in [0, 0.1) is 0 Å². The summed E-state index contributed by atoms with van der Waals surface area (Å²) in [4.78, 5) is 15.8. The topological polar surface area (TPSA) is 39.2 Å². The number of carbonyl (C=O) groups is 1. The Morgan fingerprint density at radius 3 is 2.95 bits per heavy atom. The lowest BCUT2D eigenvalue weighted by molar-refractivity contribution is -0.142. The fourth-order valence-corrected chi connectivity index (χ4v) is 2.84. The second kappa shape index (κ2) is 6.37. The number of benzene rings is 1. The molecule has 0 N–H and O–H groups in total. The molecule has 100 valence electrons. The van der Waals surface area contributed by atoms with Crippen LogP contribution in [0.1, 0.15) is 12.6 Å². The van der Waals surface area contributed by atoms with Crippen LogP contribution >= 0.6 is 34.5 Å². The maximum Gasteiger partial charge on any atom is 0.311 e. The minimum atomic E-state index is -0.281. The Bertz CT molecular complexity index is 598. The Morgan fingerprint density at radius 2 is 2.21 bits per heavy atom. The van der Waals surface area contributed by atoms with E-state index in [0.717, 1.165) is 10.6 Å². The quantitative estimate of drug-likeness (QED) is 0.793. The van der Waals surface area contributed by atoms with Crippen molar-refractivity contribution in [1.29, 1.82) is 0 Å². The van der Waals surface area contributed by atoms with E-state index in [1.54, 1.807) is 13.0 Å². The molecule has 3 nitrogen and oxygen atoms in total. The van der Waals surface area contributed by atoms with Crippen molar-refractivity contribution >= 4 is 40.5 Å². The van der Waals surface area contributed by atoms with Gasteiger partial charge in [0, 0.05) is 10.9 Å². The number of hydrogen-bond donors (Lipinski definition) is 0. The smallest absolute Gasteiger partial charge is 0.311 e. The number of carbonyl (C=O) groups excluding carboxylic acids is 1. The van der Waals surface area contributed by atoms with Crippen LogP contribution in [0.5, 0.6) is 0 Å². The molecular weight excluding hydrogens is 305 g/mol. The van der Waals surface area contributed by atoms with Crippen molar-refractivity contribution in [1.82, 2.24) is 4.98 Å². The van der Waals surface area contributed by atoms with Crippen LogP contribution < -0.4 is 0 Å². The molecule has 0 aliphatic rings. The van der Waals surface area contributed by atoms with Crippen molar-refractivity contribution in [3.63, 3.8) is 0 Å². The summed E-state index contributed by atoms with van der Waals surface area (Å²) in [5.41, 5.74) is 1.45. The lowest BCUT2D eigenvalue weighted by atomic mass is 10.2. The molecule has 0 aliphatic heterocycles. The van der Waals surface area contributed by atoms with Gasteiger partial charge in [-0.15, -0.1) is 11.3 Å². The van der Waals surface area contributed by atoms with Crippen LogP contribution in [0.4, 0.5) is 0 Å². The molecule has 2 aromatic rings. The van der Waals surface area contributed by atoms with Crippen molar-refractivity contribution in [3.8, 4) is 10.6 Å². The van der Waals surface area contributed by atoms with E-state index in [1.165, 1.54) is 11.3 Å². The normalized spacial score (nSPS) is 10.5. The summed E-state index contributed by atoms with van der Waals surface area (Å²) in [6.07, 6.45) is 0.169. The molecule has 1 aromatic carbocycles. The van der Waals surface area contributed by atoms with E-state index in [-0.39, 0.29) is 12.4 Å². The van der Waals surface area contributed by atoms with Crippen LogP contribution in [0.15, 0.2) is 23.6 Å². The zero-order chi connectivity index (χ0) is 13.8. The molecule has 6 heteroatoms. The van der Waals surface area contributed by atoms with Gasteiger partial charge in [-0.2, -0.15) is 0 Å². The number of thiazole rings is 1. The lowest BCUT2D eigenvalue weighted by Crippen LogP contribution is -2.07. The van der Waals surface area contributed by atoms with Gasteiger partial charge < -0.3 is 4.74 Å². The summed E-state index contributed by atoms with van der Waals surface area (Å²) in [6, 6.07) is 5.39. The Hall–Kier alpha value is -1.10. The zero-order valence-corrected chi connectivity index (χ0v) is 12.5. The van der Waals surface area contributed by atoms with Gasteiger partial charge in [0.2, 0.25) is 0 Å². The second-order valence-corrected chi connectivity index (χ2v) is 5.37. The highest BCUT2D eigenvalue weighted by atomic mass is 35.5. The van der Waals surface area contributed by atoms with E-state index in [0.29, 0.717) is 22.3 Å². The van der Waals surface area contributed by atoms with Gasteiger partial charge in [0.15, 0.2) is 0 Å². The van der Waals surface area contributed by atoms with Crippen molar-refractivity contribution in [2.24, 2.45) is 0 Å². The van der Waals surface area contributed by atoms with Crippen molar-refractivity contribution < 1.29 is 9.53 Å². The molecule has 0 fully saturated rings. The van der Waals surface area contributed by atoms with Gasteiger partial charge in [-0.25, -0.2) is 4.98 Å². The average molecular weight is 316 g/mol. The van der Waals surface area contributed by atoms with E-state index >= 15 is 0 Å². The molecule has 0 aliphatic carbocycles. The molecule has 0 unspecified atom stereocenters. The number of ether oxygens (including phenoxy) is 1. The fraction of sp³-hybridized carbons (Fsp3) is 0.231. The van der Waals surface area contributed by atoms with E-state index < -0.39 is 0 Å². The fourth-order valence-electron chi connectivity index (χ4n) is 1.54. The second-order valence-electron chi connectivity index (χ2n) is 3.73. The maximum atomic E-state index is 11.4. The van der Waals surface area contributed by atoms with Gasteiger partial charge in [-0.3, -0.25) is 4.79 Å². The minimum Gasteiger partial charge on any atom is -0.466 e. The van der Waals surface area contributed by atoms with Crippen LogP contribution in [-0.2, 0) is 16.0 Å². The number of nitrogens with zero attached hydrogens (tertiary/aromatic N) is 1. The van der Waals surface area contributed by atoms with Crippen molar-refractivity contribution in [3.05, 3.63) is 39.3 Å². The van der Waals surface area contributed by atoms with Gasteiger partial charge in [0.1, 0.15) is 5.01 Å². The summed E-state index contributed by atoms with van der Waals surface area (Å²) in [7, 11) is 0. The first kappa shape index (κ1) is 14.3. The van der Waals surface area contributed by atoms with Crippen molar-refractivity contribution in [2.45, 2.75) is 13.3 Å². The number of esters is 1. The van der Waals surface area contributed by atoms with Crippen LogP contribution in [0.25, 0.3) is 10.6 Å². The first-order chi connectivity index (χ1) is 9.11. The van der Waals surface area contributed by atoms with E-state index in [4.69, 9.17) is 27.9 Å². The molecule has 1 heterocycles. The van der Waals surface area contributed by atoms with Gasteiger partial charge in [-0.05, 0) is 13.0 Å². The third-order valence-electron chi connectivity index (χ3n) is 2.36. The highest BCUT2D eigenvalue weighted by Crippen LogP contribution is 2.34. The Balaban J connectivity index is 2.21. The molecule has 0 atom stereocenters. The summed E-state index contributed by atoms with van der Waals surface area (Å²) >= 11 is 13.5. The molecule has 0 saturated carbocycles. The first-order valence-corrected chi connectivity index (χ1v) is 7.29. The first-order valence-electron chi connectivity index (χ1n) is 5.66. The van der Waals surface area contributed by atoms with Crippen molar-refractivity contribution in [2.75, 3.05) is 6.61 Å². The van der Waals surface area contributed by atoms with E-state index in [9.17, 15) is 4.79 Å². The predicted octanol–water partition coefficient (Wildman–Crippen LogP) is 4.22. The Kier molecular flexibility index (Phi) is 4.80. The molecule has 0 spiro atoms. The molecule has 19 heavy (non-hydrogen) atoms.